The quantitative estimate of drug-likeness (QED) is 0.381. The molecule has 2 aromatic carbocycles. The number of alkyl halides is 3. The van der Waals surface area contributed by atoms with Crippen LogP contribution in [-0.4, -0.2) is 36.6 Å². The van der Waals surface area contributed by atoms with Crippen molar-refractivity contribution in [3.63, 3.8) is 0 Å². The maximum Gasteiger partial charge on any atom is 0.416 e. The molecule has 0 unspecified atom stereocenters. The van der Waals surface area contributed by atoms with Gasteiger partial charge in [0.15, 0.2) is 17.2 Å². The van der Waals surface area contributed by atoms with E-state index in [-0.39, 0.29) is 36.5 Å². The number of oxazole rings is 1. The number of rotatable bonds is 11. The van der Waals surface area contributed by atoms with E-state index in [0.29, 0.717) is 30.2 Å². The molecule has 36 heavy (non-hydrogen) atoms. The van der Waals surface area contributed by atoms with E-state index in [0.717, 1.165) is 17.7 Å². The van der Waals surface area contributed by atoms with Crippen molar-refractivity contribution in [1.82, 2.24) is 15.2 Å². The molecule has 3 rings (SSSR count). The second-order valence-electron chi connectivity index (χ2n) is 8.73. The Kier molecular flexibility index (Phi) is 8.98. The van der Waals surface area contributed by atoms with Crippen LogP contribution in [0.4, 0.5) is 13.2 Å². The topological polar surface area (TPSA) is 76.8 Å². The van der Waals surface area contributed by atoms with Gasteiger partial charge in [-0.1, -0.05) is 44.2 Å². The predicted molar refractivity (Wildman–Crippen MR) is 128 cm³/mol. The Morgan fingerprint density at radius 1 is 1.08 bits per heavy atom. The van der Waals surface area contributed by atoms with Crippen molar-refractivity contribution < 1.29 is 31.9 Å². The lowest BCUT2D eigenvalue weighted by Crippen LogP contribution is -2.27. The van der Waals surface area contributed by atoms with Crippen LogP contribution in [0.15, 0.2) is 53.1 Å². The van der Waals surface area contributed by atoms with Gasteiger partial charge in [-0.15, -0.1) is 0 Å². The van der Waals surface area contributed by atoms with Crippen molar-refractivity contribution in [3.8, 4) is 11.5 Å². The number of ether oxygens (including phenoxy) is 2. The Bertz CT molecular complexity index is 1160. The maximum absolute atomic E-state index is 13.3. The number of halogens is 3. The highest BCUT2D eigenvalue weighted by Crippen LogP contribution is 2.33. The van der Waals surface area contributed by atoms with E-state index < -0.39 is 11.7 Å². The van der Waals surface area contributed by atoms with Crippen molar-refractivity contribution >= 4 is 5.91 Å². The molecule has 7 nitrogen and oxygen atoms in total. The Morgan fingerprint density at radius 2 is 1.83 bits per heavy atom. The Morgan fingerprint density at radius 3 is 2.50 bits per heavy atom. The highest BCUT2D eigenvalue weighted by molar-refractivity contribution is 5.91. The molecular formula is C26H30F3N3O4. The summed E-state index contributed by atoms with van der Waals surface area (Å²) >= 11 is 0. The third-order valence-corrected chi connectivity index (χ3v) is 5.35. The molecule has 0 fully saturated rings. The summed E-state index contributed by atoms with van der Waals surface area (Å²) in [7, 11) is 3.05. The molecule has 1 heterocycles. The SMILES string of the molecule is COc1cccc(CN(Cc2cccc(C(F)(F)F)c2)Cc2nc(C(=O)NCC(C)C)co2)c1OC. The van der Waals surface area contributed by atoms with Crippen molar-refractivity contribution in [3.05, 3.63) is 77.0 Å². The van der Waals surface area contributed by atoms with Crippen molar-refractivity contribution in [1.29, 1.82) is 0 Å². The predicted octanol–water partition coefficient (Wildman–Crippen LogP) is 5.30. The average Bonchev–Trinajstić information content (AvgIpc) is 3.30. The molecule has 0 aliphatic heterocycles. The molecule has 0 atom stereocenters. The fourth-order valence-electron chi connectivity index (χ4n) is 3.66. The molecule has 1 N–H and O–H groups in total. The first kappa shape index (κ1) is 27.1. The van der Waals surface area contributed by atoms with Crippen LogP contribution in [-0.2, 0) is 25.8 Å². The molecule has 194 valence electrons. The van der Waals surface area contributed by atoms with Gasteiger partial charge in [-0.25, -0.2) is 4.98 Å². The summed E-state index contributed by atoms with van der Waals surface area (Å²) in [5.74, 6) is 1.25. The summed E-state index contributed by atoms with van der Waals surface area (Å²) in [6.07, 6.45) is -3.17. The lowest BCUT2D eigenvalue weighted by molar-refractivity contribution is -0.137. The van der Waals surface area contributed by atoms with Crippen molar-refractivity contribution in [2.45, 2.75) is 39.7 Å². The summed E-state index contributed by atoms with van der Waals surface area (Å²) in [6.45, 7) is 5.07. The minimum Gasteiger partial charge on any atom is -0.493 e. The van der Waals surface area contributed by atoms with E-state index in [4.69, 9.17) is 13.9 Å². The number of nitrogens with one attached hydrogen (secondary N) is 1. The van der Waals surface area contributed by atoms with Gasteiger partial charge in [0, 0.05) is 25.2 Å². The molecule has 0 saturated heterocycles. The summed E-state index contributed by atoms with van der Waals surface area (Å²) in [4.78, 5) is 18.5. The number of hydrogen-bond donors (Lipinski definition) is 1. The number of methoxy groups -OCH3 is 2. The first-order chi connectivity index (χ1) is 17.1. The summed E-state index contributed by atoms with van der Waals surface area (Å²) in [6, 6.07) is 10.6. The fourth-order valence-corrected chi connectivity index (χ4v) is 3.66. The van der Waals surface area contributed by atoms with Crippen LogP contribution in [0.1, 0.15) is 46.9 Å². The van der Waals surface area contributed by atoms with Gasteiger partial charge in [0.2, 0.25) is 5.89 Å². The van der Waals surface area contributed by atoms with Crippen LogP contribution in [0.25, 0.3) is 0 Å². The number of carbonyl (C=O) groups is 1. The number of amides is 1. The van der Waals surface area contributed by atoms with E-state index in [2.05, 4.69) is 10.3 Å². The minimum atomic E-state index is -4.45. The molecule has 3 aromatic rings. The number of carbonyl (C=O) groups excluding carboxylic acids is 1. The Balaban J connectivity index is 1.87. The molecule has 1 amide bonds. The maximum atomic E-state index is 13.3. The Labute approximate surface area is 208 Å². The number of benzene rings is 2. The number of nitrogens with zero attached hydrogens (tertiary/aromatic N) is 2. The van der Waals surface area contributed by atoms with Gasteiger partial charge in [0.05, 0.1) is 26.3 Å². The molecule has 0 saturated carbocycles. The summed E-state index contributed by atoms with van der Waals surface area (Å²) in [5, 5.41) is 2.78. The van der Waals surface area contributed by atoms with Gasteiger partial charge in [-0.3, -0.25) is 9.69 Å². The third-order valence-electron chi connectivity index (χ3n) is 5.35. The van der Waals surface area contributed by atoms with Crippen LogP contribution in [0.5, 0.6) is 11.5 Å². The number of aromatic nitrogens is 1. The van der Waals surface area contributed by atoms with Crippen LogP contribution in [0.2, 0.25) is 0 Å². The molecule has 10 heteroatoms. The first-order valence-corrected chi connectivity index (χ1v) is 11.4. The zero-order valence-electron chi connectivity index (χ0n) is 20.7. The standard InChI is InChI=1S/C26H30F3N3O4/c1-17(2)12-30-25(33)21-16-36-23(31-21)15-32(13-18-7-5-9-20(11-18)26(27,28)29)14-19-8-6-10-22(34-3)24(19)35-4/h5-11,16-17H,12-15H2,1-4H3,(H,30,33). The van der Waals surface area contributed by atoms with E-state index in [1.54, 1.807) is 18.2 Å². The van der Waals surface area contributed by atoms with Gasteiger partial charge in [-0.2, -0.15) is 13.2 Å². The van der Waals surface area contributed by atoms with Crippen LogP contribution in [0, 0.1) is 5.92 Å². The lowest BCUT2D eigenvalue weighted by atomic mass is 10.1. The summed E-state index contributed by atoms with van der Waals surface area (Å²) < 4.78 is 56.2. The van der Waals surface area contributed by atoms with Crippen LogP contribution < -0.4 is 14.8 Å². The van der Waals surface area contributed by atoms with Crippen molar-refractivity contribution in [2.24, 2.45) is 5.92 Å². The normalized spacial score (nSPS) is 11.7. The van der Waals surface area contributed by atoms with E-state index in [1.807, 2.05) is 24.8 Å². The zero-order chi connectivity index (χ0) is 26.3. The van der Waals surface area contributed by atoms with E-state index >= 15 is 0 Å². The molecule has 0 aliphatic rings. The molecule has 0 spiro atoms. The monoisotopic (exact) mass is 505 g/mol. The third kappa shape index (κ3) is 7.24. The number of para-hydroxylation sites is 1. The van der Waals surface area contributed by atoms with Gasteiger partial charge in [0.1, 0.15) is 6.26 Å². The van der Waals surface area contributed by atoms with Crippen LogP contribution >= 0.6 is 0 Å². The zero-order valence-corrected chi connectivity index (χ0v) is 20.7. The molecule has 1 aromatic heterocycles. The summed E-state index contributed by atoms with van der Waals surface area (Å²) in [5.41, 5.74) is 0.654. The van der Waals surface area contributed by atoms with Gasteiger partial charge in [-0.05, 0) is 23.6 Å². The highest BCUT2D eigenvalue weighted by atomic mass is 19.4. The Hall–Kier alpha value is -3.53. The molecule has 0 bridgehead atoms. The van der Waals surface area contributed by atoms with Gasteiger partial charge >= 0.3 is 6.18 Å². The average molecular weight is 506 g/mol. The first-order valence-electron chi connectivity index (χ1n) is 11.4. The second-order valence-corrected chi connectivity index (χ2v) is 8.73. The second kappa shape index (κ2) is 11.9. The molecular weight excluding hydrogens is 475 g/mol. The molecule has 0 radical (unpaired) electrons. The van der Waals surface area contributed by atoms with Gasteiger partial charge < -0.3 is 19.2 Å². The smallest absolute Gasteiger partial charge is 0.416 e. The molecule has 0 aliphatic carbocycles. The van der Waals surface area contributed by atoms with Crippen LogP contribution in [0.3, 0.4) is 0 Å². The highest BCUT2D eigenvalue weighted by Gasteiger charge is 2.30. The fraction of sp³-hybridized carbons (Fsp3) is 0.385. The van der Waals surface area contributed by atoms with Gasteiger partial charge in [0.25, 0.3) is 5.91 Å². The minimum absolute atomic E-state index is 0.142. The number of hydrogen-bond acceptors (Lipinski definition) is 6. The van der Waals surface area contributed by atoms with Crippen molar-refractivity contribution in [2.75, 3.05) is 20.8 Å². The van der Waals surface area contributed by atoms with E-state index in [1.165, 1.54) is 26.5 Å². The largest absolute Gasteiger partial charge is 0.493 e. The lowest BCUT2D eigenvalue weighted by Gasteiger charge is -2.23. The van der Waals surface area contributed by atoms with E-state index in [9.17, 15) is 18.0 Å².